The van der Waals surface area contributed by atoms with Gasteiger partial charge in [-0.05, 0) is 39.6 Å². The first kappa shape index (κ1) is 9.41. The zero-order chi connectivity index (χ0) is 11.0. The molecule has 0 aliphatic heterocycles. The molecule has 0 unspecified atom stereocenters. The largest absolute Gasteiger partial charge is 0.0616 e. The highest BCUT2D eigenvalue weighted by molar-refractivity contribution is 6.01. The standard InChI is InChI=1S/C16H13/c1-2-14-15-9-5-3-7-12(15)11-13-8-4-6-10-16(13)14/h3-10H,2H2,1H3. The van der Waals surface area contributed by atoms with Gasteiger partial charge in [0.25, 0.3) is 0 Å². The lowest BCUT2D eigenvalue weighted by molar-refractivity contribution is 1.18. The average molecular weight is 205 g/mol. The maximum atomic E-state index is 3.48. The second-order valence-corrected chi connectivity index (χ2v) is 4.05. The van der Waals surface area contributed by atoms with Crippen LogP contribution in [0.3, 0.4) is 0 Å². The van der Waals surface area contributed by atoms with Crippen LogP contribution in [-0.4, -0.2) is 0 Å². The summed E-state index contributed by atoms with van der Waals surface area (Å²) in [6.45, 7) is 2.22. The number of hydrogen-bond acceptors (Lipinski definition) is 0. The van der Waals surface area contributed by atoms with E-state index in [0.29, 0.717) is 0 Å². The van der Waals surface area contributed by atoms with Gasteiger partial charge in [0.15, 0.2) is 0 Å². The van der Waals surface area contributed by atoms with Crippen molar-refractivity contribution in [3.05, 3.63) is 60.2 Å². The minimum Gasteiger partial charge on any atom is -0.0616 e. The van der Waals surface area contributed by atoms with Crippen LogP contribution in [0.2, 0.25) is 0 Å². The third-order valence-electron chi connectivity index (χ3n) is 3.13. The van der Waals surface area contributed by atoms with Crippen LogP contribution in [0, 0.1) is 6.07 Å². The summed E-state index contributed by atoms with van der Waals surface area (Å²) in [5.41, 5.74) is 1.44. The van der Waals surface area contributed by atoms with Gasteiger partial charge in [0.1, 0.15) is 0 Å². The van der Waals surface area contributed by atoms with Gasteiger partial charge in [-0.2, -0.15) is 0 Å². The topological polar surface area (TPSA) is 0 Å². The highest BCUT2D eigenvalue weighted by atomic mass is 14.1. The van der Waals surface area contributed by atoms with E-state index in [4.69, 9.17) is 0 Å². The smallest absolute Gasteiger partial charge is 0.00141 e. The highest BCUT2D eigenvalue weighted by Crippen LogP contribution is 2.27. The molecule has 0 atom stereocenters. The summed E-state index contributed by atoms with van der Waals surface area (Å²) in [4.78, 5) is 0. The van der Waals surface area contributed by atoms with E-state index in [1.807, 2.05) is 0 Å². The van der Waals surface area contributed by atoms with Gasteiger partial charge in [0, 0.05) is 0 Å². The van der Waals surface area contributed by atoms with E-state index < -0.39 is 0 Å². The third kappa shape index (κ3) is 1.30. The Morgan fingerprint density at radius 3 is 1.81 bits per heavy atom. The van der Waals surface area contributed by atoms with Gasteiger partial charge < -0.3 is 0 Å². The summed E-state index contributed by atoms with van der Waals surface area (Å²) < 4.78 is 0. The summed E-state index contributed by atoms with van der Waals surface area (Å²) in [7, 11) is 0. The molecule has 0 amide bonds. The van der Waals surface area contributed by atoms with Crippen molar-refractivity contribution in [3.8, 4) is 0 Å². The molecule has 0 saturated heterocycles. The fraction of sp³-hybridized carbons (Fsp3) is 0.125. The van der Waals surface area contributed by atoms with Gasteiger partial charge in [-0.1, -0.05) is 55.5 Å². The molecule has 1 radical (unpaired) electrons. The first-order valence-corrected chi connectivity index (χ1v) is 5.72. The Bertz CT molecular complexity index is 596. The molecule has 0 bridgehead atoms. The Morgan fingerprint density at radius 2 is 1.31 bits per heavy atom. The quantitative estimate of drug-likeness (QED) is 0.518. The van der Waals surface area contributed by atoms with E-state index in [1.54, 1.807) is 0 Å². The molecule has 3 aromatic rings. The van der Waals surface area contributed by atoms with E-state index in [2.05, 4.69) is 61.5 Å². The fourth-order valence-corrected chi connectivity index (χ4v) is 2.38. The van der Waals surface area contributed by atoms with Gasteiger partial charge in [-0.25, -0.2) is 0 Å². The van der Waals surface area contributed by atoms with Crippen molar-refractivity contribution in [3.63, 3.8) is 0 Å². The van der Waals surface area contributed by atoms with Crippen LogP contribution in [-0.2, 0) is 6.42 Å². The summed E-state index contributed by atoms with van der Waals surface area (Å²) in [5, 5.41) is 5.11. The molecule has 0 fully saturated rings. The molecule has 0 aliphatic carbocycles. The normalized spacial score (nSPS) is 11.1. The predicted octanol–water partition coefficient (Wildman–Crippen LogP) is 4.36. The maximum absolute atomic E-state index is 3.48. The number of hydrogen-bond donors (Lipinski definition) is 0. The molecule has 0 spiro atoms. The SMILES string of the molecule is CCc1c2ccccc2[c]c2ccccc12. The predicted molar refractivity (Wildman–Crippen MR) is 69.7 cm³/mol. The van der Waals surface area contributed by atoms with Gasteiger partial charge in [0.2, 0.25) is 0 Å². The first-order valence-electron chi connectivity index (χ1n) is 5.72. The molecule has 77 valence electrons. The van der Waals surface area contributed by atoms with E-state index in [9.17, 15) is 0 Å². The Morgan fingerprint density at radius 1 is 0.812 bits per heavy atom. The molecule has 3 rings (SSSR count). The molecule has 0 heterocycles. The van der Waals surface area contributed by atoms with Crippen molar-refractivity contribution in [1.82, 2.24) is 0 Å². The molecule has 0 nitrogen and oxygen atoms in total. The lowest BCUT2D eigenvalue weighted by Gasteiger charge is -2.08. The number of benzene rings is 3. The molecule has 0 aliphatic rings. The monoisotopic (exact) mass is 205 g/mol. The third-order valence-corrected chi connectivity index (χ3v) is 3.13. The van der Waals surface area contributed by atoms with Gasteiger partial charge in [0.05, 0.1) is 0 Å². The molecule has 3 aromatic carbocycles. The van der Waals surface area contributed by atoms with Gasteiger partial charge >= 0.3 is 0 Å². The van der Waals surface area contributed by atoms with Crippen LogP contribution >= 0.6 is 0 Å². The van der Waals surface area contributed by atoms with Crippen LogP contribution in [0.25, 0.3) is 21.5 Å². The second kappa shape index (κ2) is 3.64. The molecule has 16 heavy (non-hydrogen) atoms. The van der Waals surface area contributed by atoms with Crippen molar-refractivity contribution >= 4 is 21.5 Å². The van der Waals surface area contributed by atoms with E-state index in [0.717, 1.165) is 6.42 Å². The summed E-state index contributed by atoms with van der Waals surface area (Å²) in [6.07, 6.45) is 1.07. The minimum atomic E-state index is 1.07. The summed E-state index contributed by atoms with van der Waals surface area (Å²) in [5.74, 6) is 0. The van der Waals surface area contributed by atoms with Gasteiger partial charge in [-0.3, -0.25) is 0 Å². The first-order chi connectivity index (χ1) is 7.90. The van der Waals surface area contributed by atoms with E-state index in [1.165, 1.54) is 27.1 Å². The van der Waals surface area contributed by atoms with Crippen molar-refractivity contribution < 1.29 is 0 Å². The zero-order valence-electron chi connectivity index (χ0n) is 9.33. The van der Waals surface area contributed by atoms with Crippen molar-refractivity contribution in [2.45, 2.75) is 13.3 Å². The number of aryl methyl sites for hydroxylation is 1. The Kier molecular flexibility index (Phi) is 2.14. The zero-order valence-corrected chi connectivity index (χ0v) is 9.33. The Balaban J connectivity index is 2.56. The summed E-state index contributed by atoms with van der Waals surface area (Å²) in [6, 6.07) is 20.5. The van der Waals surface area contributed by atoms with Crippen LogP contribution in [0.15, 0.2) is 48.5 Å². The van der Waals surface area contributed by atoms with E-state index >= 15 is 0 Å². The molecule has 0 N–H and O–H groups in total. The maximum Gasteiger partial charge on any atom is -0.00141 e. The average Bonchev–Trinajstić information content (AvgIpc) is 2.36. The van der Waals surface area contributed by atoms with Crippen molar-refractivity contribution in [1.29, 1.82) is 0 Å². The van der Waals surface area contributed by atoms with Crippen LogP contribution in [0.4, 0.5) is 0 Å². The highest BCUT2D eigenvalue weighted by Gasteiger charge is 2.04. The van der Waals surface area contributed by atoms with Crippen LogP contribution in [0.1, 0.15) is 12.5 Å². The van der Waals surface area contributed by atoms with Crippen LogP contribution in [0.5, 0.6) is 0 Å². The Hall–Kier alpha value is -1.82. The fourth-order valence-electron chi connectivity index (χ4n) is 2.38. The van der Waals surface area contributed by atoms with Gasteiger partial charge in [-0.15, -0.1) is 0 Å². The number of rotatable bonds is 1. The molecule has 0 saturated carbocycles. The number of fused-ring (bicyclic) bond motifs is 2. The Labute approximate surface area is 95.5 Å². The van der Waals surface area contributed by atoms with Crippen molar-refractivity contribution in [2.24, 2.45) is 0 Å². The summed E-state index contributed by atoms with van der Waals surface area (Å²) >= 11 is 0. The molecule has 0 heteroatoms. The minimum absolute atomic E-state index is 1.07. The van der Waals surface area contributed by atoms with Crippen LogP contribution < -0.4 is 0 Å². The van der Waals surface area contributed by atoms with E-state index in [-0.39, 0.29) is 0 Å². The lowest BCUT2D eigenvalue weighted by Crippen LogP contribution is -1.87. The molecule has 0 aromatic heterocycles. The lowest BCUT2D eigenvalue weighted by atomic mass is 9.95. The molecular weight excluding hydrogens is 192 g/mol. The second-order valence-electron chi connectivity index (χ2n) is 4.05. The molecular formula is C16H13. The van der Waals surface area contributed by atoms with Crippen molar-refractivity contribution in [2.75, 3.05) is 0 Å².